The highest BCUT2D eigenvalue weighted by Crippen LogP contribution is 2.55. The number of halogens is 3. The number of hydrogen-bond acceptors (Lipinski definition) is 3. The molecule has 3 aliphatic rings. The van der Waals surface area contributed by atoms with Crippen LogP contribution in [0, 0.1) is 18.2 Å². The van der Waals surface area contributed by atoms with Crippen LogP contribution in [0.2, 0.25) is 5.02 Å². The molecule has 2 heterocycles. The number of nitrogens with zero attached hydrogens (tertiary/aromatic N) is 4. The Morgan fingerprint density at radius 1 is 1.09 bits per heavy atom. The second-order valence-electron chi connectivity index (χ2n) is 8.78. The molecule has 8 heteroatoms. The van der Waals surface area contributed by atoms with Crippen molar-refractivity contribution in [1.82, 2.24) is 0 Å². The number of amides is 1. The molecule has 5 nitrogen and oxygen atoms in total. The molecule has 1 aliphatic carbocycles. The molecule has 172 valence electrons. The van der Waals surface area contributed by atoms with E-state index in [-0.39, 0.29) is 22.5 Å². The highest BCUT2D eigenvalue weighted by molar-refractivity contribution is 6.32. The number of anilines is 2. The summed E-state index contributed by atoms with van der Waals surface area (Å²) in [6, 6.07) is 8.64. The van der Waals surface area contributed by atoms with Gasteiger partial charge in [-0.15, -0.1) is 5.01 Å². The van der Waals surface area contributed by atoms with Gasteiger partial charge in [0.2, 0.25) is 0 Å². The summed E-state index contributed by atoms with van der Waals surface area (Å²) in [7, 11) is 1.99. The molecule has 5 rings (SSSR count). The van der Waals surface area contributed by atoms with E-state index < -0.39 is 17.5 Å². The van der Waals surface area contributed by atoms with Gasteiger partial charge in [0.05, 0.1) is 11.3 Å². The molecule has 0 atom stereocenters. The molecule has 34 heavy (non-hydrogen) atoms. The Morgan fingerprint density at radius 3 is 2.47 bits per heavy atom. The minimum Gasteiger partial charge on any atom is -0.358 e. The molecule has 0 bridgehead atoms. The number of hydrazone groups is 1. The van der Waals surface area contributed by atoms with Crippen LogP contribution in [0.3, 0.4) is 0 Å². The van der Waals surface area contributed by atoms with Crippen molar-refractivity contribution in [3.8, 4) is 0 Å². The maximum atomic E-state index is 13.7. The van der Waals surface area contributed by atoms with E-state index in [0.29, 0.717) is 11.1 Å². The number of likely N-dealkylation sites (N-methyl/N-ethyl adjacent to an activating group) is 1. The van der Waals surface area contributed by atoms with Crippen LogP contribution in [0.25, 0.3) is 4.85 Å². The topological polar surface area (TPSA) is 40.3 Å². The lowest BCUT2D eigenvalue weighted by Crippen LogP contribution is -2.32. The van der Waals surface area contributed by atoms with E-state index in [2.05, 4.69) is 14.8 Å². The first-order valence-electron chi connectivity index (χ1n) is 11.1. The zero-order valence-corrected chi connectivity index (χ0v) is 19.2. The molecular formula is C26H21ClF2N4O. The van der Waals surface area contributed by atoms with Gasteiger partial charge in [-0.05, 0) is 47.8 Å². The van der Waals surface area contributed by atoms with E-state index in [0.717, 1.165) is 54.2 Å². The van der Waals surface area contributed by atoms with Gasteiger partial charge < -0.3 is 9.74 Å². The summed E-state index contributed by atoms with van der Waals surface area (Å²) in [6.07, 6.45) is 8.74. The lowest BCUT2D eigenvalue weighted by atomic mass is 9.68. The molecule has 0 N–H and O–H groups in total. The van der Waals surface area contributed by atoms with Gasteiger partial charge in [-0.3, -0.25) is 4.79 Å². The van der Waals surface area contributed by atoms with E-state index in [9.17, 15) is 13.6 Å². The number of carbonyl (C=O) groups is 1. The van der Waals surface area contributed by atoms with Crippen molar-refractivity contribution in [2.75, 3.05) is 17.0 Å². The fourth-order valence-corrected chi connectivity index (χ4v) is 5.53. The molecule has 1 amide bonds. The van der Waals surface area contributed by atoms with E-state index in [4.69, 9.17) is 18.2 Å². The van der Waals surface area contributed by atoms with Crippen molar-refractivity contribution < 1.29 is 13.6 Å². The van der Waals surface area contributed by atoms with Crippen LogP contribution in [-0.2, 0) is 10.2 Å². The summed E-state index contributed by atoms with van der Waals surface area (Å²) in [4.78, 5) is 18.6. The number of rotatable bonds is 2. The van der Waals surface area contributed by atoms with Crippen molar-refractivity contribution in [3.05, 3.63) is 93.5 Å². The number of fused-ring (bicyclic) bond motifs is 2. The van der Waals surface area contributed by atoms with Gasteiger partial charge >= 0.3 is 5.84 Å². The molecule has 2 aromatic rings. The van der Waals surface area contributed by atoms with Crippen molar-refractivity contribution in [1.29, 1.82) is 0 Å². The lowest BCUT2D eigenvalue weighted by Gasteiger charge is -2.36. The third-order valence-electron chi connectivity index (χ3n) is 6.86. The van der Waals surface area contributed by atoms with Gasteiger partial charge in [0.25, 0.3) is 5.91 Å². The zero-order valence-electron chi connectivity index (χ0n) is 18.5. The van der Waals surface area contributed by atoms with Crippen LogP contribution >= 0.6 is 11.6 Å². The Balaban J connectivity index is 1.57. The Labute approximate surface area is 201 Å². The summed E-state index contributed by atoms with van der Waals surface area (Å²) >= 11 is 6.35. The predicted octanol–water partition coefficient (Wildman–Crippen LogP) is 6.36. The number of hydrogen-bond donors (Lipinski definition) is 0. The van der Waals surface area contributed by atoms with Crippen LogP contribution in [0.4, 0.5) is 20.2 Å². The number of benzene rings is 2. The number of allylic oxidation sites excluding steroid dienone is 3. The van der Waals surface area contributed by atoms with Gasteiger partial charge in [-0.2, -0.15) is 0 Å². The average Bonchev–Trinajstić information content (AvgIpc) is 3.24. The molecule has 1 fully saturated rings. The van der Waals surface area contributed by atoms with Crippen LogP contribution in [0.1, 0.15) is 37.7 Å². The smallest absolute Gasteiger partial charge is 0.307 e. The largest absolute Gasteiger partial charge is 0.358 e. The van der Waals surface area contributed by atoms with Gasteiger partial charge in [0.15, 0.2) is 0 Å². The maximum absolute atomic E-state index is 13.7. The second-order valence-corrected chi connectivity index (χ2v) is 9.21. The fourth-order valence-electron chi connectivity index (χ4n) is 5.36. The monoisotopic (exact) mass is 478 g/mol. The molecule has 0 unspecified atom stereocenters. The first-order valence-corrected chi connectivity index (χ1v) is 11.4. The molecule has 2 aliphatic heterocycles. The molecule has 0 aromatic heterocycles. The average molecular weight is 479 g/mol. The Morgan fingerprint density at radius 2 is 1.79 bits per heavy atom. The van der Waals surface area contributed by atoms with Crippen LogP contribution < -0.4 is 9.91 Å². The Bertz CT molecular complexity index is 1310. The van der Waals surface area contributed by atoms with Gasteiger partial charge in [-0.25, -0.2) is 8.78 Å². The van der Waals surface area contributed by atoms with Gasteiger partial charge in [0.1, 0.15) is 11.6 Å². The molecule has 2 aromatic carbocycles. The quantitative estimate of drug-likeness (QED) is 0.372. The Hall–Kier alpha value is -3.50. The van der Waals surface area contributed by atoms with E-state index >= 15 is 0 Å². The van der Waals surface area contributed by atoms with Crippen molar-refractivity contribution in [2.24, 2.45) is 5.10 Å². The zero-order chi connectivity index (χ0) is 24.0. The minimum atomic E-state index is -0.829. The molecule has 0 radical (unpaired) electrons. The Kier molecular flexibility index (Phi) is 5.49. The summed E-state index contributed by atoms with van der Waals surface area (Å²) < 4.78 is 27.4. The summed E-state index contributed by atoms with van der Waals surface area (Å²) in [6.45, 7) is 7.48. The molecule has 1 spiro atoms. The SMILES string of the molecule is [C-]#[N+]C1=NN(c2cc(F)cc(F)c2)C(=O)/C1=C\C=C1\N(C)c2ccc(Cl)cc2C12CCCCC2. The normalized spacial score (nSPS) is 21.4. The second kappa shape index (κ2) is 8.37. The highest BCUT2D eigenvalue weighted by atomic mass is 35.5. The van der Waals surface area contributed by atoms with E-state index in [1.54, 1.807) is 6.08 Å². The van der Waals surface area contributed by atoms with E-state index in [1.807, 2.05) is 31.3 Å². The summed E-state index contributed by atoms with van der Waals surface area (Å²) in [5, 5.41) is 5.58. The standard InChI is InChI=1S/C26H21ClF2N4O/c1-30-24-20(25(34)33(31-24)19-14-17(28)13-18(29)15-19)7-9-23-26(10-4-3-5-11-26)21-12-16(27)6-8-22(21)32(23)2/h6-9,12-15H,3-5,10-11H2,2H3/b20-7-,23-9+. The highest BCUT2D eigenvalue weighted by Gasteiger charge is 2.46. The minimum absolute atomic E-state index is 0.0662. The van der Waals surface area contributed by atoms with Gasteiger partial charge in [0, 0.05) is 47.1 Å². The molecule has 0 saturated heterocycles. The first-order chi connectivity index (χ1) is 16.3. The lowest BCUT2D eigenvalue weighted by molar-refractivity contribution is -0.114. The van der Waals surface area contributed by atoms with Gasteiger partial charge in [-0.1, -0.05) is 43.5 Å². The van der Waals surface area contributed by atoms with Crippen LogP contribution in [0.15, 0.2) is 64.9 Å². The first kappa shape index (κ1) is 22.3. The fraction of sp³-hybridized carbons (Fsp3) is 0.269. The maximum Gasteiger partial charge on any atom is 0.307 e. The summed E-state index contributed by atoms with van der Waals surface area (Å²) in [5.41, 5.74) is 3.09. The molecular weight excluding hydrogens is 458 g/mol. The number of amidine groups is 1. The molecule has 1 saturated carbocycles. The van der Waals surface area contributed by atoms with E-state index in [1.165, 1.54) is 12.0 Å². The summed E-state index contributed by atoms with van der Waals surface area (Å²) in [5.74, 6) is -2.38. The third-order valence-corrected chi connectivity index (χ3v) is 7.09. The van der Waals surface area contributed by atoms with Crippen molar-refractivity contribution >= 4 is 34.7 Å². The third kappa shape index (κ3) is 3.50. The van der Waals surface area contributed by atoms with Crippen molar-refractivity contribution in [2.45, 2.75) is 37.5 Å². The number of carbonyl (C=O) groups excluding carboxylic acids is 1. The predicted molar refractivity (Wildman–Crippen MR) is 129 cm³/mol. The van der Waals surface area contributed by atoms with Crippen LogP contribution in [-0.4, -0.2) is 18.8 Å². The van der Waals surface area contributed by atoms with Crippen LogP contribution in [0.5, 0.6) is 0 Å². The van der Waals surface area contributed by atoms with Crippen molar-refractivity contribution in [3.63, 3.8) is 0 Å².